The molecule has 0 spiro atoms. The summed E-state index contributed by atoms with van der Waals surface area (Å²) in [6, 6.07) is 2.17. The van der Waals surface area contributed by atoms with Crippen molar-refractivity contribution in [2.75, 3.05) is 7.11 Å². The van der Waals surface area contributed by atoms with Crippen molar-refractivity contribution in [2.45, 2.75) is 44.8 Å². The lowest BCUT2D eigenvalue weighted by Gasteiger charge is -2.32. The second-order valence-electron chi connectivity index (χ2n) is 6.16. The van der Waals surface area contributed by atoms with Crippen LogP contribution in [0.25, 0.3) is 0 Å². The van der Waals surface area contributed by atoms with Crippen LogP contribution in [0.3, 0.4) is 0 Å². The lowest BCUT2D eigenvalue weighted by atomic mass is 9.74. The molecule has 21 heavy (non-hydrogen) atoms. The van der Waals surface area contributed by atoms with Gasteiger partial charge in [-0.2, -0.15) is 0 Å². The molecule has 2 N–H and O–H groups in total. The minimum Gasteiger partial charge on any atom is -0.497 e. The number of benzene rings is 1. The maximum atomic E-state index is 14.1. The average Bonchev–Trinajstić information content (AvgIpc) is 2.57. The predicted octanol–water partition coefficient (Wildman–Crippen LogP) is 2.60. The molecule has 1 saturated heterocycles. The quantitative estimate of drug-likeness (QED) is 0.872. The van der Waals surface area contributed by atoms with Crippen molar-refractivity contribution in [2.24, 2.45) is 5.73 Å². The highest BCUT2D eigenvalue weighted by Gasteiger charge is 2.54. The Morgan fingerprint density at radius 2 is 1.52 bits per heavy atom. The van der Waals surface area contributed by atoms with Crippen molar-refractivity contribution in [3.8, 4) is 5.75 Å². The molecule has 0 amide bonds. The van der Waals surface area contributed by atoms with Gasteiger partial charge < -0.3 is 19.8 Å². The molecular formula is C14H20BF2NO3. The molecule has 0 radical (unpaired) electrons. The lowest BCUT2D eigenvalue weighted by Crippen LogP contribution is -2.41. The third kappa shape index (κ3) is 2.77. The molecule has 1 heterocycles. The summed E-state index contributed by atoms with van der Waals surface area (Å²) in [5, 5.41) is 0. The minimum absolute atomic E-state index is 0.0925. The number of methoxy groups -OCH3 is 1. The third-order valence-electron chi connectivity index (χ3n) is 4.19. The van der Waals surface area contributed by atoms with E-state index in [1.807, 2.05) is 27.7 Å². The van der Waals surface area contributed by atoms with Gasteiger partial charge in [-0.3, -0.25) is 0 Å². The van der Waals surface area contributed by atoms with Crippen LogP contribution in [0.5, 0.6) is 5.75 Å². The molecular weight excluding hydrogens is 279 g/mol. The van der Waals surface area contributed by atoms with E-state index in [2.05, 4.69) is 0 Å². The van der Waals surface area contributed by atoms with Crippen LogP contribution in [0.15, 0.2) is 12.1 Å². The van der Waals surface area contributed by atoms with Gasteiger partial charge in [-0.05, 0) is 27.7 Å². The van der Waals surface area contributed by atoms with Crippen molar-refractivity contribution in [1.29, 1.82) is 0 Å². The normalized spacial score (nSPS) is 21.4. The largest absolute Gasteiger partial charge is 0.497 e. The van der Waals surface area contributed by atoms with Gasteiger partial charge >= 0.3 is 7.12 Å². The SMILES string of the molecule is COc1cc(F)c([C@H](N)B2OC(C)(C)C(C)(C)O2)c(F)c1. The van der Waals surface area contributed by atoms with E-state index in [0.29, 0.717) is 0 Å². The van der Waals surface area contributed by atoms with Gasteiger partial charge in [0.2, 0.25) is 0 Å². The molecule has 4 nitrogen and oxygen atoms in total. The summed E-state index contributed by atoms with van der Waals surface area (Å²) < 4.78 is 44.4. The molecule has 1 aromatic rings. The van der Waals surface area contributed by atoms with Crippen molar-refractivity contribution in [3.05, 3.63) is 29.3 Å². The number of hydrogen-bond donors (Lipinski definition) is 1. The zero-order valence-electron chi connectivity index (χ0n) is 12.9. The Balaban J connectivity index is 2.32. The molecule has 116 valence electrons. The van der Waals surface area contributed by atoms with Crippen molar-refractivity contribution in [3.63, 3.8) is 0 Å². The Morgan fingerprint density at radius 1 is 1.10 bits per heavy atom. The van der Waals surface area contributed by atoms with Gasteiger partial charge in [0.25, 0.3) is 0 Å². The van der Waals surface area contributed by atoms with E-state index in [1.54, 1.807) is 0 Å². The fourth-order valence-electron chi connectivity index (χ4n) is 2.17. The summed E-state index contributed by atoms with van der Waals surface area (Å²) in [4.78, 5) is 0. The van der Waals surface area contributed by atoms with E-state index >= 15 is 0 Å². The molecule has 0 saturated carbocycles. The Kier molecular flexibility index (Phi) is 4.03. The van der Waals surface area contributed by atoms with E-state index in [9.17, 15) is 8.78 Å². The minimum atomic E-state index is -1.07. The van der Waals surface area contributed by atoms with Gasteiger partial charge in [0.15, 0.2) is 0 Å². The summed E-state index contributed by atoms with van der Waals surface area (Å²) in [5.41, 5.74) is 4.46. The van der Waals surface area contributed by atoms with Gasteiger partial charge in [-0.1, -0.05) is 0 Å². The predicted molar refractivity (Wildman–Crippen MR) is 75.9 cm³/mol. The van der Waals surface area contributed by atoms with Gasteiger partial charge in [0.1, 0.15) is 17.4 Å². The Hall–Kier alpha value is -1.18. The van der Waals surface area contributed by atoms with E-state index in [-0.39, 0.29) is 11.3 Å². The second-order valence-corrected chi connectivity index (χ2v) is 6.16. The molecule has 0 aliphatic carbocycles. The van der Waals surface area contributed by atoms with E-state index < -0.39 is 35.9 Å². The zero-order valence-corrected chi connectivity index (χ0v) is 12.9. The van der Waals surface area contributed by atoms with Crippen LogP contribution in [0.4, 0.5) is 8.78 Å². The summed E-state index contributed by atoms with van der Waals surface area (Å²) in [6.45, 7) is 7.39. The number of rotatable bonds is 3. The maximum absolute atomic E-state index is 14.1. The molecule has 1 fully saturated rings. The van der Waals surface area contributed by atoms with Gasteiger partial charge in [-0.25, -0.2) is 8.78 Å². The average molecular weight is 299 g/mol. The van der Waals surface area contributed by atoms with Crippen LogP contribution >= 0.6 is 0 Å². The molecule has 1 aliphatic rings. The van der Waals surface area contributed by atoms with Crippen molar-refractivity contribution >= 4 is 7.12 Å². The zero-order chi connectivity index (χ0) is 16.0. The molecule has 1 aliphatic heterocycles. The van der Waals surface area contributed by atoms with Crippen LogP contribution in [0.2, 0.25) is 0 Å². The Morgan fingerprint density at radius 3 is 1.90 bits per heavy atom. The van der Waals surface area contributed by atoms with Crippen LogP contribution in [-0.2, 0) is 9.31 Å². The first-order valence-electron chi connectivity index (χ1n) is 6.73. The molecule has 0 aromatic heterocycles. The molecule has 7 heteroatoms. The lowest BCUT2D eigenvalue weighted by molar-refractivity contribution is 0.00578. The molecule has 2 rings (SSSR count). The van der Waals surface area contributed by atoms with Crippen molar-refractivity contribution in [1.82, 2.24) is 0 Å². The smallest absolute Gasteiger partial charge is 0.480 e. The number of hydrogen-bond acceptors (Lipinski definition) is 4. The second kappa shape index (κ2) is 5.23. The summed E-state index contributed by atoms with van der Waals surface area (Å²) in [5.74, 6) is -2.55. The van der Waals surface area contributed by atoms with E-state index in [1.165, 1.54) is 7.11 Å². The first-order valence-corrected chi connectivity index (χ1v) is 6.73. The summed E-state index contributed by atoms with van der Waals surface area (Å²) >= 11 is 0. The van der Waals surface area contributed by atoms with Crippen molar-refractivity contribution < 1.29 is 22.8 Å². The van der Waals surface area contributed by atoms with Gasteiger partial charge in [-0.15, -0.1) is 0 Å². The highest BCUT2D eigenvalue weighted by atomic mass is 19.1. The van der Waals surface area contributed by atoms with E-state index in [0.717, 1.165) is 12.1 Å². The van der Waals surface area contributed by atoms with Crippen LogP contribution in [0, 0.1) is 11.6 Å². The Bertz CT molecular complexity index is 512. The number of ether oxygens (including phenoxy) is 1. The van der Waals surface area contributed by atoms with Gasteiger partial charge in [0.05, 0.1) is 24.3 Å². The number of halogens is 2. The van der Waals surface area contributed by atoms with Crippen LogP contribution in [0.1, 0.15) is 39.2 Å². The topological polar surface area (TPSA) is 53.7 Å². The maximum Gasteiger partial charge on any atom is 0.480 e. The van der Waals surface area contributed by atoms with Gasteiger partial charge in [0, 0.05) is 17.7 Å². The van der Waals surface area contributed by atoms with Crippen LogP contribution < -0.4 is 10.5 Å². The third-order valence-corrected chi connectivity index (χ3v) is 4.19. The summed E-state index contributed by atoms with van der Waals surface area (Å²) in [7, 11) is 0.412. The molecule has 0 bridgehead atoms. The van der Waals surface area contributed by atoms with Crippen LogP contribution in [-0.4, -0.2) is 25.4 Å². The first kappa shape index (κ1) is 16.2. The molecule has 0 unspecified atom stereocenters. The molecule has 1 aromatic carbocycles. The standard InChI is InChI=1S/C14H20BF2NO3/c1-13(2)14(3,4)21-15(20-13)12(18)11-9(16)6-8(19-5)7-10(11)17/h6-7,12H,18H2,1-5H3/t12-/m0/s1. The fourth-order valence-corrected chi connectivity index (χ4v) is 2.17. The molecule has 1 atom stereocenters. The fraction of sp³-hybridized carbons (Fsp3) is 0.571. The monoisotopic (exact) mass is 299 g/mol. The number of nitrogens with two attached hydrogens (primary N) is 1. The Labute approximate surface area is 123 Å². The highest BCUT2D eigenvalue weighted by molar-refractivity contribution is 6.47. The highest BCUT2D eigenvalue weighted by Crippen LogP contribution is 2.40. The van der Waals surface area contributed by atoms with E-state index in [4.69, 9.17) is 19.8 Å². The summed E-state index contributed by atoms with van der Waals surface area (Å²) in [6.07, 6.45) is 0. The first-order chi connectivity index (χ1) is 9.59.